The van der Waals surface area contributed by atoms with E-state index in [1.165, 1.54) is 44.9 Å². The molecular weight excluding hydrogens is 517 g/mol. The van der Waals surface area contributed by atoms with Crippen molar-refractivity contribution in [2.24, 2.45) is 0 Å². The van der Waals surface area contributed by atoms with Gasteiger partial charge in [0.25, 0.3) is 0 Å². The first-order chi connectivity index (χ1) is 19.0. The van der Waals surface area contributed by atoms with Crippen LogP contribution < -0.4 is 29.3 Å². The number of thioether (sulfide) groups is 1. The van der Waals surface area contributed by atoms with Crippen molar-refractivity contribution in [1.82, 2.24) is 15.1 Å². The number of aliphatic carboxylic acids is 1. The Balaban J connectivity index is 0.00000441. The maximum atomic E-state index is 13.4. The third-order valence-corrected chi connectivity index (χ3v) is 9.29. The summed E-state index contributed by atoms with van der Waals surface area (Å²) >= 11 is 1.56. The number of carboxylic acids is 1. The van der Waals surface area contributed by atoms with Gasteiger partial charge in [-0.2, -0.15) is 11.8 Å². The van der Waals surface area contributed by atoms with Crippen LogP contribution in [-0.2, 0) is 14.3 Å². The second kappa shape index (κ2) is 17.0. The zero-order valence-corrected chi connectivity index (χ0v) is 25.6. The van der Waals surface area contributed by atoms with E-state index in [0.29, 0.717) is 42.9 Å². The Kier molecular flexibility index (Phi) is 14.1. The van der Waals surface area contributed by atoms with Crippen LogP contribution >= 0.6 is 11.8 Å². The number of ether oxygens (including phenoxy) is 1. The van der Waals surface area contributed by atoms with E-state index < -0.39 is 12.0 Å². The van der Waals surface area contributed by atoms with E-state index in [2.05, 4.69) is 34.2 Å². The first-order valence-corrected chi connectivity index (χ1v) is 16.2. The fourth-order valence-electron chi connectivity index (χ4n) is 6.28. The number of rotatable bonds is 13. The van der Waals surface area contributed by atoms with E-state index in [9.17, 15) is 14.7 Å². The Morgan fingerprint density at radius 3 is 2.60 bits per heavy atom. The summed E-state index contributed by atoms with van der Waals surface area (Å²) in [6.45, 7) is 7.46. The quantitative estimate of drug-likeness (QED) is 0.345. The molecule has 3 aliphatic rings. The second-order valence-electron chi connectivity index (χ2n) is 11.4. The van der Waals surface area contributed by atoms with E-state index >= 15 is 0 Å². The molecule has 1 aliphatic carbocycles. The third-order valence-electron chi connectivity index (χ3n) is 8.65. The smallest absolute Gasteiger partial charge is 0.548 e. The second-order valence-corrected chi connectivity index (χ2v) is 12.3. The molecule has 1 amide bonds. The SMILES string of the molecule is CSCCC(NC(=O)C1=C(c2ccccc2C)CN(CCN2CCC[C@H]2COC2CCCCC2)CC1)C(=O)[O-].[Li+]. The van der Waals surface area contributed by atoms with Gasteiger partial charge < -0.3 is 20.0 Å². The van der Waals surface area contributed by atoms with Crippen LogP contribution in [0.3, 0.4) is 0 Å². The molecule has 1 aromatic carbocycles. The molecule has 216 valence electrons. The molecule has 1 saturated carbocycles. The number of carbonyl (C=O) groups is 2. The number of hydrogen-bond donors (Lipinski definition) is 1. The minimum atomic E-state index is -1.22. The van der Waals surface area contributed by atoms with Gasteiger partial charge >= 0.3 is 18.9 Å². The molecule has 9 heteroatoms. The zero-order chi connectivity index (χ0) is 27.6. The molecule has 1 N–H and O–H groups in total. The van der Waals surface area contributed by atoms with Crippen molar-refractivity contribution >= 4 is 29.2 Å². The van der Waals surface area contributed by atoms with Gasteiger partial charge in [0.2, 0.25) is 5.91 Å². The molecule has 2 heterocycles. The number of amides is 1. The molecule has 1 aromatic rings. The minimum Gasteiger partial charge on any atom is -0.548 e. The van der Waals surface area contributed by atoms with Gasteiger partial charge in [0.05, 0.1) is 24.7 Å². The summed E-state index contributed by atoms with van der Waals surface area (Å²) < 4.78 is 6.34. The summed E-state index contributed by atoms with van der Waals surface area (Å²) in [5, 5.41) is 14.4. The Bertz CT molecular complexity index is 1000. The zero-order valence-electron chi connectivity index (χ0n) is 24.8. The van der Waals surface area contributed by atoms with Crippen LogP contribution in [0.5, 0.6) is 0 Å². The van der Waals surface area contributed by atoms with E-state index in [0.717, 1.165) is 49.5 Å². The maximum absolute atomic E-state index is 13.4. The van der Waals surface area contributed by atoms with Gasteiger partial charge in [-0.15, -0.1) is 0 Å². The number of benzene rings is 1. The van der Waals surface area contributed by atoms with Crippen molar-refractivity contribution in [3.8, 4) is 0 Å². The van der Waals surface area contributed by atoms with Crippen LogP contribution in [0.25, 0.3) is 5.57 Å². The van der Waals surface area contributed by atoms with Crippen molar-refractivity contribution in [1.29, 1.82) is 0 Å². The van der Waals surface area contributed by atoms with Gasteiger partial charge in [-0.3, -0.25) is 14.6 Å². The molecule has 4 rings (SSSR count). The van der Waals surface area contributed by atoms with Crippen LogP contribution in [0.4, 0.5) is 0 Å². The van der Waals surface area contributed by atoms with Crippen molar-refractivity contribution in [2.75, 3.05) is 51.3 Å². The van der Waals surface area contributed by atoms with Crippen molar-refractivity contribution in [3.63, 3.8) is 0 Å². The molecule has 0 radical (unpaired) electrons. The summed E-state index contributed by atoms with van der Waals surface area (Å²) in [7, 11) is 0. The van der Waals surface area contributed by atoms with Gasteiger partial charge in [-0.25, -0.2) is 0 Å². The number of hydrogen-bond acceptors (Lipinski definition) is 7. The molecule has 1 saturated heterocycles. The fourth-order valence-corrected chi connectivity index (χ4v) is 6.75. The summed E-state index contributed by atoms with van der Waals surface area (Å²) in [5.74, 6) is -0.845. The van der Waals surface area contributed by atoms with Crippen LogP contribution in [0, 0.1) is 6.92 Å². The number of aryl methyl sites for hydroxylation is 1. The van der Waals surface area contributed by atoms with Gasteiger partial charge in [0, 0.05) is 37.8 Å². The van der Waals surface area contributed by atoms with Crippen molar-refractivity contribution < 1.29 is 38.3 Å². The van der Waals surface area contributed by atoms with E-state index in [4.69, 9.17) is 4.74 Å². The van der Waals surface area contributed by atoms with Crippen molar-refractivity contribution in [3.05, 3.63) is 41.0 Å². The molecule has 1 unspecified atom stereocenters. The van der Waals surface area contributed by atoms with E-state index in [1.54, 1.807) is 11.8 Å². The Morgan fingerprint density at radius 1 is 1.10 bits per heavy atom. The van der Waals surface area contributed by atoms with Crippen LogP contribution in [-0.4, -0.2) is 91.2 Å². The topological polar surface area (TPSA) is 84.9 Å². The Labute approximate surface area is 257 Å². The normalized spacial score (nSPS) is 21.7. The van der Waals surface area contributed by atoms with Crippen LogP contribution in [0.15, 0.2) is 29.8 Å². The predicted molar refractivity (Wildman–Crippen MR) is 157 cm³/mol. The maximum Gasteiger partial charge on any atom is 1.00 e. The number of likely N-dealkylation sites (tertiary alicyclic amines) is 1. The molecule has 2 fully saturated rings. The number of carboxylic acid groups (broad SMARTS) is 1. The largest absolute Gasteiger partial charge is 1.00 e. The summed E-state index contributed by atoms with van der Waals surface area (Å²) in [4.78, 5) is 30.1. The van der Waals surface area contributed by atoms with Gasteiger partial charge in [0.1, 0.15) is 0 Å². The van der Waals surface area contributed by atoms with Crippen LogP contribution in [0.2, 0.25) is 0 Å². The number of carbonyl (C=O) groups excluding carboxylic acids is 2. The molecule has 40 heavy (non-hydrogen) atoms. The summed E-state index contributed by atoms with van der Waals surface area (Å²) in [5.41, 5.74) is 3.91. The van der Waals surface area contributed by atoms with Gasteiger partial charge in [0.15, 0.2) is 0 Å². The van der Waals surface area contributed by atoms with Crippen molar-refractivity contribution in [2.45, 2.75) is 82.9 Å². The molecular formula is C31H46LiN3O4S. The summed E-state index contributed by atoms with van der Waals surface area (Å²) in [6, 6.07) is 7.69. The first kappa shape index (κ1) is 33.2. The van der Waals surface area contributed by atoms with Gasteiger partial charge in [-0.05, 0) is 80.7 Å². The molecule has 2 aliphatic heterocycles. The molecule has 0 spiro atoms. The Morgan fingerprint density at radius 2 is 1.88 bits per heavy atom. The molecule has 0 bridgehead atoms. The average molecular weight is 564 g/mol. The Hall–Kier alpha value is -1.27. The minimum absolute atomic E-state index is 0. The molecule has 2 atom stereocenters. The standard InChI is InChI=1S/C31H47N3O4S.Li/c1-23-9-6-7-13-26(23)28-21-33(17-14-27(28)30(35)32-29(31(36)37)15-20-39-2)18-19-34-16-8-10-24(34)22-38-25-11-4-3-5-12-25;/h6-7,9,13,24-25,29H,3-5,8,10-12,14-22H2,1-2H3,(H,32,35)(H,36,37);/q;+1/p-1/t24-,29?;/m0./s1. The first-order valence-electron chi connectivity index (χ1n) is 14.8. The third kappa shape index (κ3) is 9.37. The number of nitrogens with one attached hydrogen (secondary N) is 1. The molecule has 0 aromatic heterocycles. The van der Waals surface area contributed by atoms with E-state index in [1.807, 2.05) is 18.4 Å². The number of nitrogens with zero attached hydrogens (tertiary/aromatic N) is 2. The van der Waals surface area contributed by atoms with E-state index in [-0.39, 0.29) is 24.8 Å². The fraction of sp³-hybridized carbons (Fsp3) is 0.677. The van der Waals surface area contributed by atoms with Gasteiger partial charge in [-0.1, -0.05) is 43.5 Å². The molecule has 7 nitrogen and oxygen atoms in total. The monoisotopic (exact) mass is 563 g/mol. The summed E-state index contributed by atoms with van der Waals surface area (Å²) in [6.07, 6.45) is 12.2. The predicted octanol–water partition coefficient (Wildman–Crippen LogP) is 0.260. The van der Waals surface area contributed by atoms with Crippen LogP contribution in [0.1, 0.15) is 68.9 Å². The average Bonchev–Trinajstić information content (AvgIpc) is 3.41.